The van der Waals surface area contributed by atoms with E-state index in [2.05, 4.69) is 30.0 Å². The second-order valence-electron chi connectivity index (χ2n) is 7.44. The highest BCUT2D eigenvalue weighted by atomic mass is 79.9. The molecule has 5 nitrogen and oxygen atoms in total. The predicted octanol–water partition coefficient (Wildman–Crippen LogP) is 2.64. The average molecular weight is 442 g/mol. The van der Waals surface area contributed by atoms with Gasteiger partial charge < -0.3 is 14.2 Å². The van der Waals surface area contributed by atoms with Gasteiger partial charge in [-0.25, -0.2) is 0 Å². The number of hydrogen-bond acceptors (Lipinski definition) is 3. The van der Waals surface area contributed by atoms with Crippen molar-refractivity contribution in [3.05, 3.63) is 80.1 Å². The molecule has 144 valence electrons. The molecule has 1 aliphatic heterocycles. The number of carbonyl (C=O) groups excluding carboxylic acids is 1. The maximum absolute atomic E-state index is 13.3. The highest BCUT2D eigenvalue weighted by molar-refractivity contribution is 9.10. The molecule has 1 N–H and O–H groups in total. The third-order valence-corrected chi connectivity index (χ3v) is 5.61. The van der Waals surface area contributed by atoms with E-state index in [0.29, 0.717) is 23.1 Å². The van der Waals surface area contributed by atoms with Crippen molar-refractivity contribution in [3.63, 3.8) is 0 Å². The van der Waals surface area contributed by atoms with Crippen LogP contribution in [0.4, 0.5) is 0 Å². The number of amides is 1. The summed E-state index contributed by atoms with van der Waals surface area (Å²) in [6.45, 7) is 1.51. The first kappa shape index (κ1) is 18.9. The first-order valence-corrected chi connectivity index (χ1v) is 10.2. The van der Waals surface area contributed by atoms with E-state index in [1.165, 1.54) is 4.90 Å². The molecule has 3 aromatic rings. The molecule has 0 radical (unpaired) electrons. The first-order valence-electron chi connectivity index (χ1n) is 9.38. The monoisotopic (exact) mass is 441 g/mol. The van der Waals surface area contributed by atoms with Crippen molar-refractivity contribution < 1.29 is 14.1 Å². The molecule has 6 heteroatoms. The Labute approximate surface area is 171 Å². The molecule has 0 aliphatic carbocycles. The van der Waals surface area contributed by atoms with Crippen LogP contribution in [0.1, 0.15) is 34.1 Å². The maximum atomic E-state index is 13.3. The molecule has 28 heavy (non-hydrogen) atoms. The minimum absolute atomic E-state index is 0.129. The third-order valence-electron chi connectivity index (χ3n) is 5.11. The lowest BCUT2D eigenvalue weighted by Crippen LogP contribution is -3.05. The van der Waals surface area contributed by atoms with Gasteiger partial charge in [0.05, 0.1) is 37.6 Å². The van der Waals surface area contributed by atoms with Crippen molar-refractivity contribution >= 4 is 32.8 Å². The van der Waals surface area contributed by atoms with Gasteiger partial charge in [-0.3, -0.25) is 9.59 Å². The van der Waals surface area contributed by atoms with Crippen molar-refractivity contribution in [1.82, 2.24) is 4.90 Å². The SMILES string of the molecule is C[NH+](C)CCCN1C(=O)c2oc3ccccc3c(=O)c2[C@H]1c1cccc(Br)c1. The summed E-state index contributed by atoms with van der Waals surface area (Å²) < 4.78 is 6.84. The lowest BCUT2D eigenvalue weighted by molar-refractivity contribution is -0.858. The third kappa shape index (κ3) is 3.27. The van der Waals surface area contributed by atoms with Crippen molar-refractivity contribution in [2.75, 3.05) is 27.2 Å². The molecule has 1 atom stereocenters. The van der Waals surface area contributed by atoms with Crippen LogP contribution in [0.5, 0.6) is 0 Å². The molecule has 4 rings (SSSR count). The zero-order chi connectivity index (χ0) is 19.8. The molecule has 0 unspecified atom stereocenters. The van der Waals surface area contributed by atoms with Crippen LogP contribution in [0.3, 0.4) is 0 Å². The van der Waals surface area contributed by atoms with Gasteiger partial charge in [0.1, 0.15) is 5.58 Å². The predicted molar refractivity (Wildman–Crippen MR) is 112 cm³/mol. The lowest BCUT2D eigenvalue weighted by atomic mass is 9.98. The molecule has 1 amide bonds. The van der Waals surface area contributed by atoms with Crippen LogP contribution < -0.4 is 10.3 Å². The van der Waals surface area contributed by atoms with E-state index in [1.54, 1.807) is 23.1 Å². The number of halogens is 1. The van der Waals surface area contributed by atoms with Crippen molar-refractivity contribution in [3.8, 4) is 0 Å². The minimum Gasteiger partial charge on any atom is -0.450 e. The van der Waals surface area contributed by atoms with E-state index >= 15 is 0 Å². The zero-order valence-corrected chi connectivity index (χ0v) is 17.5. The lowest BCUT2D eigenvalue weighted by Gasteiger charge is -2.25. The number of para-hydroxylation sites is 1. The number of nitrogens with one attached hydrogen (secondary N) is 1. The van der Waals surface area contributed by atoms with E-state index in [-0.39, 0.29) is 17.1 Å². The summed E-state index contributed by atoms with van der Waals surface area (Å²) in [4.78, 5) is 29.6. The smallest absolute Gasteiger partial charge is 0.290 e. The van der Waals surface area contributed by atoms with Crippen LogP contribution in [0.2, 0.25) is 0 Å². The van der Waals surface area contributed by atoms with Crippen LogP contribution in [-0.2, 0) is 0 Å². The Kier molecular flexibility index (Phi) is 5.08. The Morgan fingerprint density at radius 3 is 2.64 bits per heavy atom. The molecule has 0 saturated heterocycles. The summed E-state index contributed by atoms with van der Waals surface area (Å²) >= 11 is 3.51. The summed E-state index contributed by atoms with van der Waals surface area (Å²) in [5.74, 6) is -0.0394. The molecule has 0 spiro atoms. The minimum atomic E-state index is -0.432. The van der Waals surface area contributed by atoms with Crippen LogP contribution in [0, 0.1) is 0 Å². The molecule has 0 fully saturated rings. The number of benzene rings is 2. The second kappa shape index (κ2) is 7.53. The molecule has 0 saturated carbocycles. The molecule has 1 aromatic heterocycles. The quantitative estimate of drug-likeness (QED) is 0.661. The van der Waals surface area contributed by atoms with Gasteiger partial charge in [-0.2, -0.15) is 0 Å². The van der Waals surface area contributed by atoms with E-state index in [4.69, 9.17) is 4.42 Å². The van der Waals surface area contributed by atoms with Gasteiger partial charge in [-0.05, 0) is 29.8 Å². The maximum Gasteiger partial charge on any atom is 0.290 e. The topological polar surface area (TPSA) is 55.0 Å². The van der Waals surface area contributed by atoms with Crippen molar-refractivity contribution in [2.45, 2.75) is 12.5 Å². The number of quaternary nitrogens is 1. The summed E-state index contributed by atoms with van der Waals surface area (Å²) in [5, 5.41) is 0.508. The largest absolute Gasteiger partial charge is 0.450 e. The van der Waals surface area contributed by atoms with Crippen molar-refractivity contribution in [2.24, 2.45) is 0 Å². The number of rotatable bonds is 5. The fourth-order valence-corrected chi connectivity index (χ4v) is 4.24. The molecule has 1 aliphatic rings. The summed E-state index contributed by atoms with van der Waals surface area (Å²) in [6.07, 6.45) is 0.847. The van der Waals surface area contributed by atoms with Gasteiger partial charge >= 0.3 is 0 Å². The highest BCUT2D eigenvalue weighted by Gasteiger charge is 2.42. The Bertz CT molecular complexity index is 1110. The molecular formula is C22H22BrN2O3+. The fraction of sp³-hybridized carbons (Fsp3) is 0.273. The Hall–Kier alpha value is -2.44. The molecule has 2 heterocycles. The van der Waals surface area contributed by atoms with Gasteiger partial charge in [-0.1, -0.05) is 40.2 Å². The summed E-state index contributed by atoms with van der Waals surface area (Å²) in [7, 11) is 4.17. The van der Waals surface area contributed by atoms with Crippen molar-refractivity contribution in [1.29, 1.82) is 0 Å². The van der Waals surface area contributed by atoms with E-state index in [9.17, 15) is 9.59 Å². The van der Waals surface area contributed by atoms with Crippen LogP contribution in [0.25, 0.3) is 11.0 Å². The Balaban J connectivity index is 1.88. The molecule has 2 aromatic carbocycles. The first-order chi connectivity index (χ1) is 13.5. The van der Waals surface area contributed by atoms with Crippen LogP contribution in [-0.4, -0.2) is 38.0 Å². The summed E-state index contributed by atoms with van der Waals surface area (Å²) in [5.41, 5.74) is 1.67. The van der Waals surface area contributed by atoms with Gasteiger partial charge in [0.25, 0.3) is 5.91 Å². The fourth-order valence-electron chi connectivity index (χ4n) is 3.82. The van der Waals surface area contributed by atoms with Gasteiger partial charge in [0, 0.05) is 17.4 Å². The zero-order valence-electron chi connectivity index (χ0n) is 15.9. The number of hydrogen-bond donors (Lipinski definition) is 1. The average Bonchev–Trinajstić information content (AvgIpc) is 2.94. The van der Waals surface area contributed by atoms with Crippen LogP contribution >= 0.6 is 15.9 Å². The van der Waals surface area contributed by atoms with E-state index in [0.717, 1.165) is 23.0 Å². The van der Waals surface area contributed by atoms with Crippen LogP contribution in [0.15, 0.2) is 62.2 Å². The van der Waals surface area contributed by atoms with E-state index < -0.39 is 6.04 Å². The normalized spacial score (nSPS) is 16.2. The summed E-state index contributed by atoms with van der Waals surface area (Å²) in [6, 6.07) is 14.4. The second-order valence-corrected chi connectivity index (χ2v) is 8.35. The standard InChI is InChI=1S/C22H21BrN2O3/c1-24(2)11-6-12-25-19(14-7-5-8-15(23)13-14)18-20(26)16-9-3-4-10-17(16)28-21(18)22(25)27/h3-5,7-10,13,19H,6,11-12H2,1-2H3/p+1/t19-/m1/s1. The Morgan fingerprint density at radius 2 is 1.89 bits per heavy atom. The molecule has 0 bridgehead atoms. The van der Waals surface area contributed by atoms with Gasteiger partial charge in [-0.15, -0.1) is 0 Å². The number of nitrogens with zero attached hydrogens (tertiary/aromatic N) is 1. The Morgan fingerprint density at radius 1 is 1.11 bits per heavy atom. The molecular weight excluding hydrogens is 420 g/mol. The van der Waals surface area contributed by atoms with Gasteiger partial charge in [0.15, 0.2) is 5.43 Å². The highest BCUT2D eigenvalue weighted by Crippen LogP contribution is 2.38. The van der Waals surface area contributed by atoms with E-state index in [1.807, 2.05) is 30.3 Å². The van der Waals surface area contributed by atoms with Gasteiger partial charge in [0.2, 0.25) is 5.76 Å². The number of carbonyl (C=O) groups is 1. The number of fused-ring (bicyclic) bond motifs is 2.